The third-order valence-corrected chi connectivity index (χ3v) is 4.22. The Morgan fingerprint density at radius 1 is 1.40 bits per heavy atom. The normalized spacial score (nSPS) is 12.4. The quantitative estimate of drug-likeness (QED) is 0.837. The molecule has 20 heavy (non-hydrogen) atoms. The van der Waals surface area contributed by atoms with Crippen molar-refractivity contribution in [3.63, 3.8) is 0 Å². The van der Waals surface area contributed by atoms with Crippen molar-refractivity contribution in [1.29, 1.82) is 0 Å². The maximum atomic E-state index is 14.0. The first-order valence-electron chi connectivity index (χ1n) is 6.41. The Morgan fingerprint density at radius 2 is 2.20 bits per heavy atom. The fourth-order valence-electron chi connectivity index (χ4n) is 2.01. The number of nitrogens with one attached hydrogen (secondary N) is 1. The monoisotopic (exact) mass is 356 g/mol. The highest BCUT2D eigenvalue weighted by Gasteiger charge is 2.18. The lowest BCUT2D eigenvalue weighted by Crippen LogP contribution is -2.24. The molecule has 106 valence electrons. The maximum absolute atomic E-state index is 14.0. The van der Waals surface area contributed by atoms with E-state index in [-0.39, 0.29) is 11.9 Å². The van der Waals surface area contributed by atoms with Gasteiger partial charge in [0.05, 0.1) is 17.3 Å². The van der Waals surface area contributed by atoms with Gasteiger partial charge in [0.15, 0.2) is 0 Å². The molecule has 0 saturated carbocycles. The fraction of sp³-hybridized carbons (Fsp3) is 0.267. The van der Waals surface area contributed by atoms with Gasteiger partial charge in [-0.1, -0.05) is 24.6 Å². The largest absolute Gasteiger partial charge is 0.306 e. The molecule has 5 heteroatoms. The molecule has 1 heterocycles. The summed E-state index contributed by atoms with van der Waals surface area (Å²) in [4.78, 5) is 3.80. The Hall–Kier alpha value is -0.970. The van der Waals surface area contributed by atoms with Gasteiger partial charge in [0.2, 0.25) is 0 Å². The van der Waals surface area contributed by atoms with E-state index in [1.54, 1.807) is 12.3 Å². The van der Waals surface area contributed by atoms with Crippen LogP contribution in [0.1, 0.15) is 30.5 Å². The maximum Gasteiger partial charge on any atom is 0.146 e. The van der Waals surface area contributed by atoms with Crippen LogP contribution in [0.2, 0.25) is 5.02 Å². The van der Waals surface area contributed by atoms with Crippen molar-refractivity contribution in [2.24, 2.45) is 0 Å². The number of halogens is 3. The van der Waals surface area contributed by atoms with Crippen LogP contribution >= 0.6 is 27.5 Å². The van der Waals surface area contributed by atoms with Crippen LogP contribution in [0.3, 0.4) is 0 Å². The molecule has 1 aromatic carbocycles. The Morgan fingerprint density at radius 3 is 2.85 bits per heavy atom. The molecule has 1 unspecified atom stereocenters. The average molecular weight is 358 g/mol. The number of hydrogen-bond acceptors (Lipinski definition) is 2. The zero-order chi connectivity index (χ0) is 14.5. The average Bonchev–Trinajstić information content (AvgIpc) is 2.44. The van der Waals surface area contributed by atoms with Crippen LogP contribution in [-0.2, 0) is 0 Å². The van der Waals surface area contributed by atoms with Gasteiger partial charge in [-0.2, -0.15) is 0 Å². The van der Waals surface area contributed by atoms with Crippen molar-refractivity contribution in [2.45, 2.75) is 19.4 Å². The number of pyridine rings is 1. The molecule has 1 N–H and O–H groups in total. The van der Waals surface area contributed by atoms with E-state index in [9.17, 15) is 4.39 Å². The number of hydrogen-bond donors (Lipinski definition) is 1. The van der Waals surface area contributed by atoms with Crippen molar-refractivity contribution >= 4 is 27.5 Å². The van der Waals surface area contributed by atoms with Crippen LogP contribution < -0.4 is 5.32 Å². The summed E-state index contributed by atoms with van der Waals surface area (Å²) in [6.07, 6.45) is 3.80. The predicted molar refractivity (Wildman–Crippen MR) is 83.5 cm³/mol. The van der Waals surface area contributed by atoms with Crippen LogP contribution in [0.4, 0.5) is 4.39 Å². The van der Waals surface area contributed by atoms with Gasteiger partial charge in [-0.15, -0.1) is 0 Å². The van der Waals surface area contributed by atoms with Crippen molar-refractivity contribution in [3.05, 3.63) is 63.1 Å². The standard InChI is InChI=1S/C15H15BrClFN2/c1-2-6-20-15(11-5-7-19-9-14(11)18)10-3-4-12(16)13(17)8-10/h3-5,7-9,15,20H,2,6H2,1H3. The van der Waals surface area contributed by atoms with Crippen LogP contribution in [0.5, 0.6) is 0 Å². The molecule has 0 aliphatic carbocycles. The smallest absolute Gasteiger partial charge is 0.146 e. The molecular formula is C15H15BrClFN2. The third-order valence-electron chi connectivity index (χ3n) is 2.99. The zero-order valence-electron chi connectivity index (χ0n) is 11.0. The zero-order valence-corrected chi connectivity index (χ0v) is 13.4. The lowest BCUT2D eigenvalue weighted by molar-refractivity contribution is 0.543. The minimum Gasteiger partial charge on any atom is -0.306 e. The molecule has 1 aromatic heterocycles. The van der Waals surface area contributed by atoms with Crippen molar-refractivity contribution in [1.82, 2.24) is 10.3 Å². The molecule has 0 saturated heterocycles. The number of nitrogens with zero attached hydrogens (tertiary/aromatic N) is 1. The van der Waals surface area contributed by atoms with Crippen LogP contribution in [0.15, 0.2) is 41.1 Å². The van der Waals surface area contributed by atoms with Crippen molar-refractivity contribution in [3.8, 4) is 0 Å². The Balaban J connectivity index is 2.41. The van der Waals surface area contributed by atoms with Gasteiger partial charge >= 0.3 is 0 Å². The number of rotatable bonds is 5. The molecule has 0 amide bonds. The highest BCUT2D eigenvalue weighted by molar-refractivity contribution is 9.10. The minimum absolute atomic E-state index is 0.233. The molecule has 0 aliphatic heterocycles. The van der Waals surface area contributed by atoms with E-state index in [4.69, 9.17) is 11.6 Å². The minimum atomic E-state index is -0.319. The Bertz CT molecular complexity index is 592. The molecule has 2 nitrogen and oxygen atoms in total. The summed E-state index contributed by atoms with van der Waals surface area (Å²) in [5.41, 5.74) is 1.50. The highest BCUT2D eigenvalue weighted by Crippen LogP contribution is 2.30. The molecule has 0 fully saturated rings. The van der Waals surface area contributed by atoms with E-state index in [0.717, 1.165) is 23.0 Å². The molecule has 0 aliphatic rings. The second-order valence-electron chi connectivity index (χ2n) is 4.46. The molecule has 2 aromatic rings. The lowest BCUT2D eigenvalue weighted by Gasteiger charge is -2.20. The molecule has 0 radical (unpaired) electrons. The van der Waals surface area contributed by atoms with E-state index in [2.05, 4.69) is 33.2 Å². The molecule has 2 rings (SSSR count). The molecule has 0 bridgehead atoms. The van der Waals surface area contributed by atoms with Gasteiger partial charge < -0.3 is 5.32 Å². The van der Waals surface area contributed by atoms with Crippen LogP contribution in [0.25, 0.3) is 0 Å². The summed E-state index contributed by atoms with van der Waals surface area (Å²) in [6, 6.07) is 7.11. The highest BCUT2D eigenvalue weighted by atomic mass is 79.9. The first kappa shape index (κ1) is 15.4. The molecule has 1 atom stereocenters. The van der Waals surface area contributed by atoms with Crippen LogP contribution in [0, 0.1) is 5.82 Å². The van der Waals surface area contributed by atoms with E-state index in [1.807, 2.05) is 18.2 Å². The number of aromatic nitrogens is 1. The van der Waals surface area contributed by atoms with Crippen LogP contribution in [-0.4, -0.2) is 11.5 Å². The van der Waals surface area contributed by atoms with Gasteiger partial charge in [-0.3, -0.25) is 4.98 Å². The first-order valence-corrected chi connectivity index (χ1v) is 7.58. The second kappa shape index (κ2) is 7.16. The van der Waals surface area contributed by atoms with Gasteiger partial charge in [0.25, 0.3) is 0 Å². The molecule has 0 spiro atoms. The fourth-order valence-corrected chi connectivity index (χ4v) is 2.44. The summed E-state index contributed by atoms with van der Waals surface area (Å²) < 4.78 is 14.8. The predicted octanol–water partition coefficient (Wildman–Crippen LogP) is 4.73. The summed E-state index contributed by atoms with van der Waals surface area (Å²) in [6.45, 7) is 2.86. The number of benzene rings is 1. The second-order valence-corrected chi connectivity index (χ2v) is 5.72. The summed E-state index contributed by atoms with van der Waals surface area (Å²) in [5, 5.41) is 3.96. The summed E-state index contributed by atoms with van der Waals surface area (Å²) >= 11 is 9.50. The summed E-state index contributed by atoms with van der Waals surface area (Å²) in [5.74, 6) is -0.319. The van der Waals surface area contributed by atoms with E-state index in [0.29, 0.717) is 10.6 Å². The molecular weight excluding hydrogens is 343 g/mol. The van der Waals surface area contributed by atoms with E-state index < -0.39 is 0 Å². The van der Waals surface area contributed by atoms with E-state index >= 15 is 0 Å². The summed E-state index contributed by atoms with van der Waals surface area (Å²) in [7, 11) is 0. The topological polar surface area (TPSA) is 24.9 Å². The Kier molecular flexibility index (Phi) is 5.52. The van der Waals surface area contributed by atoms with E-state index in [1.165, 1.54) is 6.20 Å². The van der Waals surface area contributed by atoms with Gasteiger partial charge in [0.1, 0.15) is 5.82 Å². The van der Waals surface area contributed by atoms with Gasteiger partial charge in [0, 0.05) is 16.2 Å². The van der Waals surface area contributed by atoms with Crippen molar-refractivity contribution in [2.75, 3.05) is 6.54 Å². The van der Waals surface area contributed by atoms with Gasteiger partial charge in [-0.05, 0) is 52.7 Å². The van der Waals surface area contributed by atoms with Gasteiger partial charge in [-0.25, -0.2) is 4.39 Å². The van der Waals surface area contributed by atoms with Crippen molar-refractivity contribution < 1.29 is 4.39 Å². The SMILES string of the molecule is CCCNC(c1ccc(Br)c(Cl)c1)c1ccncc1F. The lowest BCUT2D eigenvalue weighted by atomic mass is 9.99. The first-order chi connectivity index (χ1) is 9.63. The Labute approximate surface area is 131 Å². The third kappa shape index (κ3) is 3.57.